The van der Waals surface area contributed by atoms with Gasteiger partial charge in [-0.1, -0.05) is 163 Å². The Morgan fingerprint density at radius 1 is 0.561 bits per heavy atom. The van der Waals surface area contributed by atoms with Gasteiger partial charge in [-0.15, -0.1) is 0 Å². The Labute approximate surface area is 257 Å². The van der Waals surface area contributed by atoms with Crippen molar-refractivity contribution in [1.29, 1.82) is 0 Å². The largest absolute Gasteiger partial charge is 0.469 e. The van der Waals surface area contributed by atoms with Crippen LogP contribution in [0, 0.1) is 23.7 Å². The highest BCUT2D eigenvalue weighted by molar-refractivity contribution is 5.68. The minimum absolute atomic E-state index is 0.00677. The van der Waals surface area contributed by atoms with Crippen molar-refractivity contribution in [2.45, 2.75) is 201 Å². The Bertz CT molecular complexity index is 549. The third kappa shape index (κ3) is 26.7. The van der Waals surface area contributed by atoms with Crippen LogP contribution in [0.4, 0.5) is 0 Å². The van der Waals surface area contributed by atoms with Crippen LogP contribution in [0.2, 0.25) is 0 Å². The number of carbonyl (C=O) groups is 1. The van der Waals surface area contributed by atoms with Gasteiger partial charge in [-0.25, -0.2) is 4.89 Å². The monoisotopic (exact) mass is 583 g/mol. The maximum Gasteiger partial charge on any atom is 0.305 e. The lowest BCUT2D eigenvalue weighted by Gasteiger charge is -2.25. The van der Waals surface area contributed by atoms with Crippen LogP contribution >= 0.6 is 0 Å². The van der Waals surface area contributed by atoms with Crippen LogP contribution in [-0.4, -0.2) is 24.4 Å². The summed E-state index contributed by atoms with van der Waals surface area (Å²) in [5.41, 5.74) is 0. The predicted octanol–water partition coefficient (Wildman–Crippen LogP) is 12.3. The lowest BCUT2D eigenvalue weighted by molar-refractivity contribution is -0.292. The third-order valence-corrected chi connectivity index (χ3v) is 9.33. The summed E-state index contributed by atoms with van der Waals surface area (Å²) in [6, 6.07) is 0. The van der Waals surface area contributed by atoms with Crippen molar-refractivity contribution in [3.8, 4) is 0 Å². The van der Waals surface area contributed by atoms with Gasteiger partial charge < -0.3 is 4.74 Å². The van der Waals surface area contributed by atoms with Crippen molar-refractivity contribution in [3.63, 3.8) is 0 Å². The van der Waals surface area contributed by atoms with E-state index in [0.29, 0.717) is 12.3 Å². The molecule has 4 unspecified atom stereocenters. The Morgan fingerprint density at radius 3 is 1.51 bits per heavy atom. The first-order valence-corrected chi connectivity index (χ1v) is 18.2. The van der Waals surface area contributed by atoms with E-state index in [1.165, 1.54) is 129 Å². The first-order valence-electron chi connectivity index (χ1n) is 18.2. The van der Waals surface area contributed by atoms with Gasteiger partial charge in [-0.2, -0.15) is 0 Å². The van der Waals surface area contributed by atoms with Crippen LogP contribution in [0.1, 0.15) is 195 Å². The number of hydrogen-bond acceptors (Lipinski definition) is 4. The number of hydrogen-bond donors (Lipinski definition) is 1. The van der Waals surface area contributed by atoms with Crippen LogP contribution in [0.3, 0.4) is 0 Å². The minimum atomic E-state index is -0.0930. The molecule has 0 aliphatic rings. The average molecular weight is 583 g/mol. The molecule has 1 N–H and O–H groups in total. The molecule has 0 aromatic heterocycles. The summed E-state index contributed by atoms with van der Waals surface area (Å²) in [5, 5.41) is 9.86. The standard InChI is InChI=1S/C37H74O4/c1-7-8-9-10-13-16-28-35(29-17-14-11-12-15-18-31-37(38)40-6)36(41-39)30-20-19-24-33(4)26-22-27-34(5)25-21-23-32(2)3/h32-36,39H,7-31H2,1-6H3. The number of esters is 1. The van der Waals surface area contributed by atoms with Gasteiger partial charge in [0.25, 0.3) is 0 Å². The third-order valence-electron chi connectivity index (χ3n) is 9.33. The Kier molecular flexibility index (Phi) is 29.0. The van der Waals surface area contributed by atoms with Crippen molar-refractivity contribution < 1.29 is 19.7 Å². The first-order chi connectivity index (χ1) is 19.8. The molecule has 0 amide bonds. The molecule has 0 aromatic carbocycles. The van der Waals surface area contributed by atoms with E-state index in [-0.39, 0.29) is 12.1 Å². The normalized spacial score (nSPS) is 14.7. The molecule has 0 aliphatic heterocycles. The second-order valence-electron chi connectivity index (χ2n) is 13.9. The Morgan fingerprint density at radius 2 is 1.00 bits per heavy atom. The second kappa shape index (κ2) is 29.5. The molecule has 0 fully saturated rings. The molecule has 0 bridgehead atoms. The molecule has 41 heavy (non-hydrogen) atoms. The molecule has 4 heteroatoms. The second-order valence-corrected chi connectivity index (χ2v) is 13.9. The fraction of sp³-hybridized carbons (Fsp3) is 0.973. The summed E-state index contributed by atoms with van der Waals surface area (Å²) >= 11 is 0. The van der Waals surface area contributed by atoms with Crippen LogP contribution in [0.25, 0.3) is 0 Å². The fourth-order valence-electron chi connectivity index (χ4n) is 6.38. The fourth-order valence-corrected chi connectivity index (χ4v) is 6.38. The lowest BCUT2D eigenvalue weighted by Crippen LogP contribution is -2.23. The number of unbranched alkanes of at least 4 members (excludes halogenated alkanes) is 11. The van der Waals surface area contributed by atoms with E-state index in [9.17, 15) is 10.1 Å². The molecule has 0 radical (unpaired) electrons. The zero-order valence-corrected chi connectivity index (χ0v) is 28.7. The quantitative estimate of drug-likeness (QED) is 0.0382. The van der Waals surface area contributed by atoms with Gasteiger partial charge in [0.15, 0.2) is 0 Å². The van der Waals surface area contributed by atoms with Gasteiger partial charge in [0, 0.05) is 6.42 Å². The SMILES string of the molecule is CCCCCCCCC(CCCCCCCCC(=O)OC)C(CCCCC(C)CCCC(C)CCCC(C)C)OO. The van der Waals surface area contributed by atoms with Crippen molar-refractivity contribution in [1.82, 2.24) is 0 Å². The molecule has 0 saturated heterocycles. The minimum Gasteiger partial charge on any atom is -0.469 e. The van der Waals surface area contributed by atoms with Gasteiger partial charge in [-0.3, -0.25) is 10.1 Å². The van der Waals surface area contributed by atoms with Gasteiger partial charge in [0.2, 0.25) is 0 Å². The van der Waals surface area contributed by atoms with Crippen molar-refractivity contribution in [2.75, 3.05) is 7.11 Å². The van der Waals surface area contributed by atoms with Gasteiger partial charge in [0.05, 0.1) is 13.2 Å². The molecule has 246 valence electrons. The van der Waals surface area contributed by atoms with E-state index in [0.717, 1.165) is 49.9 Å². The summed E-state index contributed by atoms with van der Waals surface area (Å²) in [6.07, 6.45) is 30.7. The van der Waals surface area contributed by atoms with Gasteiger partial charge in [0.1, 0.15) is 0 Å². The van der Waals surface area contributed by atoms with E-state index in [1.807, 2.05) is 0 Å². The highest BCUT2D eigenvalue weighted by Gasteiger charge is 2.22. The molecular formula is C37H74O4. The number of methoxy groups -OCH3 is 1. The van der Waals surface area contributed by atoms with Crippen molar-refractivity contribution >= 4 is 5.97 Å². The molecular weight excluding hydrogens is 508 g/mol. The Hall–Kier alpha value is -0.610. The molecule has 0 rings (SSSR count). The molecule has 0 saturated carbocycles. The summed E-state index contributed by atoms with van der Waals surface area (Å²) in [5.74, 6) is 2.89. The molecule has 4 nitrogen and oxygen atoms in total. The lowest BCUT2D eigenvalue weighted by atomic mass is 9.86. The van der Waals surface area contributed by atoms with Crippen LogP contribution in [-0.2, 0) is 14.4 Å². The van der Waals surface area contributed by atoms with Crippen LogP contribution < -0.4 is 0 Å². The molecule has 4 atom stereocenters. The van der Waals surface area contributed by atoms with E-state index in [4.69, 9.17) is 9.62 Å². The smallest absolute Gasteiger partial charge is 0.305 e. The number of carbonyl (C=O) groups excluding carboxylic acids is 1. The van der Waals surface area contributed by atoms with E-state index in [2.05, 4.69) is 34.6 Å². The van der Waals surface area contributed by atoms with Crippen molar-refractivity contribution in [3.05, 3.63) is 0 Å². The van der Waals surface area contributed by atoms with Crippen molar-refractivity contribution in [2.24, 2.45) is 23.7 Å². The summed E-state index contributed by atoms with van der Waals surface area (Å²) in [6.45, 7) is 11.8. The highest BCUT2D eigenvalue weighted by atomic mass is 17.1. The van der Waals surface area contributed by atoms with Crippen LogP contribution in [0.5, 0.6) is 0 Å². The van der Waals surface area contributed by atoms with Gasteiger partial charge >= 0.3 is 5.97 Å². The molecule has 0 aromatic rings. The van der Waals surface area contributed by atoms with Gasteiger partial charge in [-0.05, 0) is 49.4 Å². The Balaban J connectivity index is 4.32. The number of rotatable bonds is 31. The average Bonchev–Trinajstić information content (AvgIpc) is 2.95. The zero-order chi connectivity index (χ0) is 30.6. The zero-order valence-electron chi connectivity index (χ0n) is 28.7. The molecule has 0 aliphatic carbocycles. The maximum atomic E-state index is 11.3. The molecule has 0 spiro atoms. The highest BCUT2D eigenvalue weighted by Crippen LogP contribution is 2.28. The predicted molar refractivity (Wildman–Crippen MR) is 177 cm³/mol. The summed E-state index contributed by atoms with van der Waals surface area (Å²) in [7, 11) is 1.46. The summed E-state index contributed by atoms with van der Waals surface area (Å²) in [4.78, 5) is 16.4. The molecule has 0 heterocycles. The topological polar surface area (TPSA) is 55.8 Å². The summed E-state index contributed by atoms with van der Waals surface area (Å²) < 4.78 is 4.73. The van der Waals surface area contributed by atoms with E-state index >= 15 is 0 Å². The van der Waals surface area contributed by atoms with E-state index < -0.39 is 0 Å². The maximum absolute atomic E-state index is 11.3. The van der Waals surface area contributed by atoms with E-state index in [1.54, 1.807) is 0 Å². The first kappa shape index (κ1) is 40.4. The number of ether oxygens (including phenoxy) is 1. The van der Waals surface area contributed by atoms with Crippen LogP contribution in [0.15, 0.2) is 0 Å².